The van der Waals surface area contributed by atoms with Crippen molar-refractivity contribution in [2.45, 2.75) is 94.8 Å². The molecule has 0 aliphatic heterocycles. The van der Waals surface area contributed by atoms with Crippen molar-refractivity contribution < 1.29 is 35.8 Å². The molecule has 0 saturated heterocycles. The van der Waals surface area contributed by atoms with Crippen LogP contribution < -0.4 is 20.9 Å². The van der Waals surface area contributed by atoms with Gasteiger partial charge in [0.15, 0.2) is 0 Å². The summed E-state index contributed by atoms with van der Waals surface area (Å²) in [4.78, 5) is 0. The molecule has 0 heterocycles. The van der Waals surface area contributed by atoms with Crippen LogP contribution in [0.2, 0.25) is 0 Å². The summed E-state index contributed by atoms with van der Waals surface area (Å²) in [5, 5.41) is 0. The lowest BCUT2D eigenvalue weighted by molar-refractivity contribution is -0.139. The van der Waals surface area contributed by atoms with Gasteiger partial charge in [-0.25, -0.2) is 0 Å². The number of unbranched alkanes of at least 4 members (excludes halogenated alkanes) is 4. The predicted molar refractivity (Wildman–Crippen MR) is 206 cm³/mol. The molecule has 4 N–H and O–H groups in total. The number of hydrogen-bond donors (Lipinski definition) is 2. The molecule has 1 fully saturated rings. The maximum absolute atomic E-state index is 13.8. The van der Waals surface area contributed by atoms with Gasteiger partial charge in [-0.3, -0.25) is 0 Å². The van der Waals surface area contributed by atoms with Gasteiger partial charge in [0, 0.05) is 16.8 Å². The summed E-state index contributed by atoms with van der Waals surface area (Å²) in [7, 11) is 0. The van der Waals surface area contributed by atoms with Crippen molar-refractivity contribution >= 4 is 11.4 Å². The zero-order valence-corrected chi connectivity index (χ0v) is 30.8. The number of nitrogens with two attached hydrogens (primary N) is 2. The third-order valence-electron chi connectivity index (χ3n) is 10.7. The van der Waals surface area contributed by atoms with Gasteiger partial charge in [-0.2, -0.15) is 26.3 Å². The highest BCUT2D eigenvalue weighted by Crippen LogP contribution is 2.50. The van der Waals surface area contributed by atoms with Crippen LogP contribution in [0.5, 0.6) is 23.0 Å². The topological polar surface area (TPSA) is 70.5 Å². The van der Waals surface area contributed by atoms with Gasteiger partial charge in [-0.15, -0.1) is 0 Å². The molecule has 0 unspecified atom stereocenters. The molecular weight excluding hydrogens is 714 g/mol. The van der Waals surface area contributed by atoms with Crippen LogP contribution in [0, 0.1) is 0 Å². The third kappa shape index (κ3) is 9.58. The van der Waals surface area contributed by atoms with E-state index in [-0.39, 0.29) is 34.4 Å². The number of halogens is 6. The fraction of sp³-hybridized carbons (Fsp3) is 0.333. The second-order valence-corrected chi connectivity index (χ2v) is 14.5. The van der Waals surface area contributed by atoms with Crippen LogP contribution in [0.3, 0.4) is 0 Å². The van der Waals surface area contributed by atoms with Crippen molar-refractivity contribution in [3.8, 4) is 23.0 Å². The maximum atomic E-state index is 13.8. The minimum Gasteiger partial charge on any atom is -0.457 e. The number of anilines is 2. The number of ether oxygens (including phenoxy) is 2. The fourth-order valence-corrected chi connectivity index (χ4v) is 7.73. The van der Waals surface area contributed by atoms with Gasteiger partial charge < -0.3 is 20.9 Å². The van der Waals surface area contributed by atoms with Gasteiger partial charge in [-0.1, -0.05) is 81.1 Å². The Balaban J connectivity index is 1.25. The molecule has 5 aromatic carbocycles. The minimum absolute atomic E-state index is 0.0213. The average Bonchev–Trinajstić information content (AvgIpc) is 3.16. The average molecular weight is 761 g/mol. The molecule has 0 amide bonds. The third-order valence-corrected chi connectivity index (χ3v) is 10.7. The van der Waals surface area contributed by atoms with Crippen molar-refractivity contribution in [2.75, 3.05) is 11.5 Å². The first kappa shape index (κ1) is 39.6. The van der Waals surface area contributed by atoms with Crippen LogP contribution in [-0.4, -0.2) is 0 Å². The van der Waals surface area contributed by atoms with Crippen molar-refractivity contribution in [3.63, 3.8) is 0 Å². The monoisotopic (exact) mass is 760 g/mol. The quantitative estimate of drug-likeness (QED) is 0.0712. The zero-order chi connectivity index (χ0) is 39.2. The zero-order valence-electron chi connectivity index (χ0n) is 30.8. The first-order chi connectivity index (χ1) is 26.2. The molecule has 1 aliphatic carbocycles. The Labute approximate surface area is 318 Å². The van der Waals surface area contributed by atoms with E-state index in [1.165, 1.54) is 67.5 Å². The summed E-state index contributed by atoms with van der Waals surface area (Å²) < 4.78 is 94.1. The molecular formula is C45H46F6N2O2. The first-order valence-corrected chi connectivity index (χ1v) is 18.8. The molecule has 0 radical (unpaired) electrons. The number of alkyl halides is 6. The molecule has 6 rings (SSSR count). The van der Waals surface area contributed by atoms with E-state index in [2.05, 4.69) is 31.2 Å². The molecule has 0 aromatic heterocycles. The van der Waals surface area contributed by atoms with Crippen molar-refractivity contribution in [1.82, 2.24) is 0 Å². The molecule has 4 nitrogen and oxygen atoms in total. The Hall–Kier alpha value is -5.12. The van der Waals surface area contributed by atoms with E-state index in [4.69, 9.17) is 20.9 Å². The number of benzene rings is 5. The van der Waals surface area contributed by atoms with Crippen molar-refractivity contribution in [3.05, 3.63) is 143 Å². The summed E-state index contributed by atoms with van der Waals surface area (Å²) in [5.74, 6) is 0.117. The van der Waals surface area contributed by atoms with Crippen LogP contribution >= 0.6 is 0 Å². The predicted octanol–water partition coefficient (Wildman–Crippen LogP) is 13.6. The Morgan fingerprint density at radius 3 is 1.47 bits per heavy atom. The smallest absolute Gasteiger partial charge is 0.420 e. The van der Waals surface area contributed by atoms with Crippen LogP contribution in [-0.2, 0) is 24.2 Å². The SMILES string of the molecule is CCCCCCCc1ccc(C2CCC(c3ccc(Oc4ccc(N)cc4C(F)(F)F)cc3)(c3ccc(Oc4ccc(N)cc4C(F)(F)F)cc3)CC2)cc1. The lowest BCUT2D eigenvalue weighted by Gasteiger charge is -2.41. The van der Waals surface area contributed by atoms with E-state index < -0.39 is 28.9 Å². The highest BCUT2D eigenvalue weighted by atomic mass is 19.4. The number of rotatable bonds is 13. The van der Waals surface area contributed by atoms with Crippen molar-refractivity contribution in [1.29, 1.82) is 0 Å². The molecule has 55 heavy (non-hydrogen) atoms. The van der Waals surface area contributed by atoms with E-state index in [0.29, 0.717) is 5.92 Å². The molecule has 0 spiro atoms. The lowest BCUT2D eigenvalue weighted by atomic mass is 9.62. The van der Waals surface area contributed by atoms with Gasteiger partial charge in [-0.05, 0) is 127 Å². The number of hydrogen-bond acceptors (Lipinski definition) is 4. The summed E-state index contributed by atoms with van der Waals surface area (Å²) in [6.07, 6.45) is 1.27. The summed E-state index contributed by atoms with van der Waals surface area (Å²) >= 11 is 0. The molecule has 10 heteroatoms. The minimum atomic E-state index is -4.65. The summed E-state index contributed by atoms with van der Waals surface area (Å²) in [5.41, 5.74) is 13.4. The van der Waals surface area contributed by atoms with Gasteiger partial charge in [0.05, 0.1) is 0 Å². The highest BCUT2D eigenvalue weighted by Gasteiger charge is 2.40. The van der Waals surface area contributed by atoms with Crippen LogP contribution in [0.4, 0.5) is 37.7 Å². The van der Waals surface area contributed by atoms with Gasteiger partial charge in [0.1, 0.15) is 34.1 Å². The van der Waals surface area contributed by atoms with E-state index in [1.54, 1.807) is 24.3 Å². The van der Waals surface area contributed by atoms with Gasteiger partial charge in [0.25, 0.3) is 0 Å². The van der Waals surface area contributed by atoms with Crippen LogP contribution in [0.25, 0.3) is 0 Å². The Kier molecular flexibility index (Phi) is 12.0. The standard InChI is InChI=1S/C45H46F6N2O2/c1-2-3-4-5-6-7-30-8-10-31(11-9-30)32-24-26-43(27-25-32,33-12-18-37(19-13-33)54-41-22-16-35(52)28-39(41)44(46,47)48)34-14-20-38(21-15-34)55-42-23-17-36(53)29-40(42)45(49,50)51/h8-23,28-29,32H,2-7,24-27,52-53H2,1H3. The first-order valence-electron chi connectivity index (χ1n) is 18.8. The fourth-order valence-electron chi connectivity index (χ4n) is 7.73. The van der Waals surface area contributed by atoms with Gasteiger partial charge in [0.2, 0.25) is 0 Å². The molecule has 1 saturated carbocycles. The summed E-state index contributed by atoms with van der Waals surface area (Å²) in [6, 6.07) is 30.0. The Bertz CT molecular complexity index is 1910. The summed E-state index contributed by atoms with van der Waals surface area (Å²) in [6.45, 7) is 2.22. The molecule has 1 aliphatic rings. The Morgan fingerprint density at radius 1 is 0.582 bits per heavy atom. The second-order valence-electron chi connectivity index (χ2n) is 14.5. The van der Waals surface area contributed by atoms with E-state index in [0.717, 1.165) is 55.4 Å². The van der Waals surface area contributed by atoms with Crippen LogP contribution in [0.1, 0.15) is 104 Å². The van der Waals surface area contributed by atoms with E-state index in [9.17, 15) is 26.3 Å². The van der Waals surface area contributed by atoms with E-state index in [1.807, 2.05) is 24.3 Å². The number of nitrogen functional groups attached to an aromatic ring is 2. The molecule has 5 aromatic rings. The largest absolute Gasteiger partial charge is 0.457 e. The van der Waals surface area contributed by atoms with Crippen LogP contribution in [0.15, 0.2) is 109 Å². The van der Waals surface area contributed by atoms with E-state index >= 15 is 0 Å². The highest BCUT2D eigenvalue weighted by molar-refractivity contribution is 5.53. The normalized spacial score (nSPS) is 14.8. The second kappa shape index (κ2) is 16.7. The molecule has 0 bridgehead atoms. The Morgan fingerprint density at radius 2 is 1.04 bits per heavy atom. The maximum Gasteiger partial charge on any atom is 0.420 e. The van der Waals surface area contributed by atoms with Gasteiger partial charge >= 0.3 is 12.4 Å². The lowest BCUT2D eigenvalue weighted by Crippen LogP contribution is -2.32. The molecule has 0 atom stereocenters. The molecule has 290 valence electrons. The van der Waals surface area contributed by atoms with Crippen molar-refractivity contribution in [2.24, 2.45) is 0 Å². The number of aryl methyl sites for hydroxylation is 1.